The summed E-state index contributed by atoms with van der Waals surface area (Å²) in [6.07, 6.45) is 4.67. The minimum absolute atomic E-state index is 0.0273. The molecule has 1 rings (SSSR count). The molecule has 0 atom stereocenters. The highest BCUT2D eigenvalue weighted by Gasteiger charge is 2.03. The van der Waals surface area contributed by atoms with Crippen LogP contribution >= 0.6 is 0 Å². The van der Waals surface area contributed by atoms with Crippen molar-refractivity contribution in [2.75, 3.05) is 13.7 Å². The van der Waals surface area contributed by atoms with E-state index in [9.17, 15) is 4.79 Å². The summed E-state index contributed by atoms with van der Waals surface area (Å²) in [4.78, 5) is 15.0. The molecule has 1 N–H and O–H groups in total. The Labute approximate surface area is 81.9 Å². The van der Waals surface area contributed by atoms with Crippen molar-refractivity contribution < 1.29 is 14.6 Å². The molecular formula is C10H11NO3. The van der Waals surface area contributed by atoms with Crippen molar-refractivity contribution in [1.82, 2.24) is 4.98 Å². The average Bonchev–Trinajstić information content (AvgIpc) is 2.26. The number of carbonyl (C=O) groups excluding carboxylic acids is 1. The number of hydrogen-bond acceptors (Lipinski definition) is 4. The predicted molar refractivity (Wildman–Crippen MR) is 51.7 cm³/mol. The van der Waals surface area contributed by atoms with Gasteiger partial charge in [0, 0.05) is 6.20 Å². The molecule has 0 bridgehead atoms. The van der Waals surface area contributed by atoms with E-state index in [0.717, 1.165) is 0 Å². The van der Waals surface area contributed by atoms with E-state index in [1.54, 1.807) is 24.3 Å². The van der Waals surface area contributed by atoms with Gasteiger partial charge in [-0.2, -0.15) is 0 Å². The minimum Gasteiger partial charge on any atom is -0.465 e. The lowest BCUT2D eigenvalue weighted by Gasteiger charge is -1.98. The molecule has 0 saturated heterocycles. The second-order valence-corrected chi connectivity index (χ2v) is 2.55. The molecule has 0 fully saturated rings. The first-order chi connectivity index (χ1) is 6.77. The fraction of sp³-hybridized carbons (Fsp3) is 0.200. The topological polar surface area (TPSA) is 59.4 Å². The Hall–Kier alpha value is -1.68. The van der Waals surface area contributed by atoms with Crippen molar-refractivity contribution in [2.45, 2.75) is 0 Å². The summed E-state index contributed by atoms with van der Waals surface area (Å²) in [6, 6.07) is 3.30. The van der Waals surface area contributed by atoms with Crippen LogP contribution in [0.15, 0.2) is 24.4 Å². The van der Waals surface area contributed by atoms with Gasteiger partial charge in [0.15, 0.2) is 0 Å². The standard InChI is InChI=1S/C10H11NO3/c1-14-10(13)8-4-5-9(11-7-8)3-2-6-12/h2-5,7,12H,6H2,1H3/b3-2+. The van der Waals surface area contributed by atoms with E-state index >= 15 is 0 Å². The number of aliphatic hydroxyl groups is 1. The van der Waals surface area contributed by atoms with Crippen molar-refractivity contribution in [3.63, 3.8) is 0 Å². The molecular weight excluding hydrogens is 182 g/mol. The lowest BCUT2D eigenvalue weighted by Crippen LogP contribution is -2.01. The van der Waals surface area contributed by atoms with Crippen LogP contribution in [-0.4, -0.2) is 29.8 Å². The Morgan fingerprint density at radius 3 is 2.93 bits per heavy atom. The zero-order valence-electron chi connectivity index (χ0n) is 7.80. The van der Waals surface area contributed by atoms with Gasteiger partial charge < -0.3 is 9.84 Å². The van der Waals surface area contributed by atoms with Crippen LogP contribution in [0.4, 0.5) is 0 Å². The molecule has 0 aliphatic rings. The van der Waals surface area contributed by atoms with Crippen molar-refractivity contribution in [2.24, 2.45) is 0 Å². The molecule has 0 amide bonds. The van der Waals surface area contributed by atoms with Crippen molar-refractivity contribution >= 4 is 12.0 Å². The summed E-state index contributed by atoms with van der Waals surface area (Å²) < 4.78 is 4.52. The van der Waals surface area contributed by atoms with Gasteiger partial charge in [0.05, 0.1) is 25.0 Å². The van der Waals surface area contributed by atoms with E-state index in [1.807, 2.05) is 0 Å². The number of hydrogen-bond donors (Lipinski definition) is 1. The molecule has 1 aromatic rings. The highest BCUT2D eigenvalue weighted by Crippen LogP contribution is 2.03. The molecule has 0 unspecified atom stereocenters. The normalized spacial score (nSPS) is 10.4. The van der Waals surface area contributed by atoms with Crippen LogP contribution in [0.5, 0.6) is 0 Å². The largest absolute Gasteiger partial charge is 0.465 e. The lowest BCUT2D eigenvalue weighted by atomic mass is 10.2. The molecule has 0 spiro atoms. The summed E-state index contributed by atoms with van der Waals surface area (Å²) in [5.41, 5.74) is 1.10. The fourth-order valence-electron chi connectivity index (χ4n) is 0.916. The van der Waals surface area contributed by atoms with Gasteiger partial charge in [0.1, 0.15) is 0 Å². The van der Waals surface area contributed by atoms with Crippen molar-refractivity contribution in [3.8, 4) is 0 Å². The molecule has 0 aliphatic carbocycles. The van der Waals surface area contributed by atoms with Crippen LogP contribution < -0.4 is 0 Å². The summed E-state index contributed by atoms with van der Waals surface area (Å²) in [7, 11) is 1.32. The lowest BCUT2D eigenvalue weighted by molar-refractivity contribution is 0.0600. The Morgan fingerprint density at radius 1 is 1.64 bits per heavy atom. The number of pyridine rings is 1. The number of methoxy groups -OCH3 is 1. The van der Waals surface area contributed by atoms with Crippen LogP contribution in [0.3, 0.4) is 0 Å². The zero-order chi connectivity index (χ0) is 10.4. The van der Waals surface area contributed by atoms with E-state index in [0.29, 0.717) is 11.3 Å². The first-order valence-electron chi connectivity index (χ1n) is 4.09. The third-order valence-corrected chi connectivity index (χ3v) is 1.60. The van der Waals surface area contributed by atoms with Gasteiger partial charge in [0.25, 0.3) is 0 Å². The Bertz CT molecular complexity index is 330. The zero-order valence-corrected chi connectivity index (χ0v) is 7.80. The molecule has 4 heteroatoms. The van der Waals surface area contributed by atoms with Gasteiger partial charge >= 0.3 is 5.97 Å². The van der Waals surface area contributed by atoms with E-state index in [2.05, 4.69) is 9.72 Å². The average molecular weight is 193 g/mol. The highest BCUT2D eigenvalue weighted by atomic mass is 16.5. The van der Waals surface area contributed by atoms with Gasteiger partial charge in [-0.15, -0.1) is 0 Å². The predicted octanol–water partition coefficient (Wildman–Crippen LogP) is 0.874. The molecule has 1 aromatic heterocycles. The van der Waals surface area contributed by atoms with Gasteiger partial charge in [0.2, 0.25) is 0 Å². The first-order valence-corrected chi connectivity index (χ1v) is 4.09. The third-order valence-electron chi connectivity index (χ3n) is 1.60. The Kier molecular flexibility index (Phi) is 3.82. The monoisotopic (exact) mass is 193 g/mol. The molecule has 4 nitrogen and oxygen atoms in total. The molecule has 0 aromatic carbocycles. The van der Waals surface area contributed by atoms with E-state index < -0.39 is 5.97 Å². The molecule has 0 aliphatic heterocycles. The molecule has 14 heavy (non-hydrogen) atoms. The smallest absolute Gasteiger partial charge is 0.339 e. The van der Waals surface area contributed by atoms with Gasteiger partial charge in [-0.05, 0) is 18.2 Å². The molecule has 1 heterocycles. The molecule has 0 radical (unpaired) electrons. The Balaban J connectivity index is 2.78. The first kappa shape index (κ1) is 10.4. The highest BCUT2D eigenvalue weighted by molar-refractivity contribution is 5.88. The Morgan fingerprint density at radius 2 is 2.43 bits per heavy atom. The fourth-order valence-corrected chi connectivity index (χ4v) is 0.916. The van der Waals surface area contributed by atoms with Crippen molar-refractivity contribution in [1.29, 1.82) is 0 Å². The second-order valence-electron chi connectivity index (χ2n) is 2.55. The number of rotatable bonds is 3. The van der Waals surface area contributed by atoms with Gasteiger partial charge in [-0.1, -0.05) is 6.08 Å². The summed E-state index contributed by atoms with van der Waals surface area (Å²) in [5.74, 6) is -0.407. The quantitative estimate of drug-likeness (QED) is 0.724. The number of nitrogens with zero attached hydrogens (tertiary/aromatic N) is 1. The van der Waals surface area contributed by atoms with Crippen LogP contribution in [0, 0.1) is 0 Å². The number of esters is 1. The van der Waals surface area contributed by atoms with Gasteiger partial charge in [-0.3, -0.25) is 4.98 Å². The molecule has 74 valence electrons. The van der Waals surface area contributed by atoms with Crippen LogP contribution in [0.2, 0.25) is 0 Å². The van der Waals surface area contributed by atoms with E-state index in [-0.39, 0.29) is 6.61 Å². The third kappa shape index (κ3) is 2.67. The summed E-state index contributed by atoms with van der Waals surface area (Å²) in [6.45, 7) is -0.0273. The van der Waals surface area contributed by atoms with Gasteiger partial charge in [-0.25, -0.2) is 4.79 Å². The maximum Gasteiger partial charge on any atom is 0.339 e. The number of carbonyl (C=O) groups is 1. The van der Waals surface area contributed by atoms with Crippen LogP contribution in [0.1, 0.15) is 16.1 Å². The second kappa shape index (κ2) is 5.14. The molecule has 0 saturated carbocycles. The minimum atomic E-state index is -0.407. The summed E-state index contributed by atoms with van der Waals surface area (Å²) >= 11 is 0. The van der Waals surface area contributed by atoms with E-state index in [4.69, 9.17) is 5.11 Å². The van der Waals surface area contributed by atoms with Crippen molar-refractivity contribution in [3.05, 3.63) is 35.7 Å². The number of aromatic nitrogens is 1. The SMILES string of the molecule is COC(=O)c1ccc(/C=C/CO)nc1. The maximum absolute atomic E-state index is 11.0. The number of aliphatic hydroxyl groups excluding tert-OH is 1. The van der Waals surface area contributed by atoms with Crippen LogP contribution in [-0.2, 0) is 4.74 Å². The number of ether oxygens (including phenoxy) is 1. The van der Waals surface area contributed by atoms with E-state index in [1.165, 1.54) is 13.3 Å². The summed E-state index contributed by atoms with van der Waals surface area (Å²) in [5, 5.41) is 8.52. The maximum atomic E-state index is 11.0. The van der Waals surface area contributed by atoms with Crippen LogP contribution in [0.25, 0.3) is 6.08 Å².